The normalized spacial score (nSPS) is 15.1. The smallest absolute Gasteiger partial charge is 0.330 e. The van der Waals surface area contributed by atoms with E-state index in [0.29, 0.717) is 23.7 Å². The molecule has 7 nitrogen and oxygen atoms in total. The molecule has 2 aromatic rings. The maximum absolute atomic E-state index is 12.6. The van der Waals surface area contributed by atoms with Gasteiger partial charge in [0.1, 0.15) is 11.8 Å². The van der Waals surface area contributed by atoms with E-state index in [1.807, 2.05) is 6.07 Å². The Bertz CT molecular complexity index is 910. The number of ether oxygens (including phenoxy) is 2. The van der Waals surface area contributed by atoms with E-state index < -0.39 is 17.6 Å². The average molecular weight is 367 g/mol. The fourth-order valence-corrected chi connectivity index (χ4v) is 3.46. The number of carbonyl (C=O) groups excluding carboxylic acids is 1. The Morgan fingerprint density at radius 2 is 2.11 bits per heavy atom. The van der Waals surface area contributed by atoms with Crippen LogP contribution >= 0.6 is 0 Å². The highest BCUT2D eigenvalue weighted by molar-refractivity contribution is 5.73. The van der Waals surface area contributed by atoms with Gasteiger partial charge >= 0.3 is 5.97 Å². The molecule has 0 radical (unpaired) electrons. The van der Waals surface area contributed by atoms with E-state index in [-0.39, 0.29) is 5.75 Å². The third-order valence-electron chi connectivity index (χ3n) is 4.84. The Morgan fingerprint density at radius 3 is 2.78 bits per heavy atom. The van der Waals surface area contributed by atoms with Crippen LogP contribution in [0.5, 0.6) is 11.5 Å². The topological polar surface area (TPSA) is 94.2 Å². The summed E-state index contributed by atoms with van der Waals surface area (Å²) < 4.78 is 11.7. The van der Waals surface area contributed by atoms with Crippen molar-refractivity contribution in [3.8, 4) is 17.6 Å². The van der Waals surface area contributed by atoms with Crippen LogP contribution in [-0.4, -0.2) is 22.9 Å². The van der Waals surface area contributed by atoms with Gasteiger partial charge < -0.3 is 9.47 Å². The zero-order chi connectivity index (χ0) is 19.2. The molecule has 1 unspecified atom stereocenters. The highest BCUT2D eigenvalue weighted by Gasteiger charge is 2.29. The lowest BCUT2D eigenvalue weighted by molar-refractivity contribution is -0.145. The maximum atomic E-state index is 12.6. The number of para-hydroxylation sites is 1. The number of rotatable bonds is 6. The summed E-state index contributed by atoms with van der Waals surface area (Å²) in [6.07, 6.45) is 6.30. The number of aromatic nitrogens is 2. The van der Waals surface area contributed by atoms with Gasteiger partial charge in [0.15, 0.2) is 11.8 Å². The van der Waals surface area contributed by atoms with E-state index in [4.69, 9.17) is 14.7 Å². The van der Waals surface area contributed by atoms with E-state index in [2.05, 4.69) is 5.10 Å². The minimum Gasteiger partial charge on any atom is -0.467 e. The Balaban J connectivity index is 1.84. The van der Waals surface area contributed by atoms with Crippen molar-refractivity contribution in [2.75, 3.05) is 7.11 Å². The maximum Gasteiger partial charge on any atom is 0.330 e. The van der Waals surface area contributed by atoms with E-state index in [9.17, 15) is 9.59 Å². The van der Waals surface area contributed by atoms with Crippen LogP contribution < -0.4 is 10.3 Å². The zero-order valence-electron chi connectivity index (χ0n) is 15.1. The lowest BCUT2D eigenvalue weighted by Gasteiger charge is -2.19. The number of hydrogen-bond donors (Lipinski definition) is 0. The van der Waals surface area contributed by atoms with Crippen molar-refractivity contribution in [3.05, 3.63) is 52.4 Å². The molecule has 1 aromatic carbocycles. The van der Waals surface area contributed by atoms with Crippen molar-refractivity contribution >= 4 is 5.97 Å². The first-order chi connectivity index (χ1) is 13.1. The molecule has 27 heavy (non-hydrogen) atoms. The van der Waals surface area contributed by atoms with E-state index in [0.717, 1.165) is 30.4 Å². The van der Waals surface area contributed by atoms with Crippen molar-refractivity contribution in [1.82, 2.24) is 9.78 Å². The van der Waals surface area contributed by atoms with Crippen LogP contribution in [-0.2, 0) is 9.53 Å². The molecule has 1 aliphatic carbocycles. The van der Waals surface area contributed by atoms with Crippen molar-refractivity contribution < 1.29 is 14.3 Å². The van der Waals surface area contributed by atoms with Gasteiger partial charge in [-0.05, 0) is 24.5 Å². The number of methoxy groups -OCH3 is 1. The quantitative estimate of drug-likeness (QED) is 0.728. The fourth-order valence-electron chi connectivity index (χ4n) is 3.46. The van der Waals surface area contributed by atoms with Crippen molar-refractivity contribution in [1.29, 1.82) is 5.26 Å². The summed E-state index contributed by atoms with van der Waals surface area (Å²) in [6, 6.07) is 9.29. The first kappa shape index (κ1) is 18.6. The summed E-state index contributed by atoms with van der Waals surface area (Å²) in [5, 5.41) is 13.3. The summed E-state index contributed by atoms with van der Waals surface area (Å²) in [6.45, 7) is 0. The van der Waals surface area contributed by atoms with Gasteiger partial charge in [-0.3, -0.25) is 4.79 Å². The first-order valence-corrected chi connectivity index (χ1v) is 8.96. The molecule has 0 bridgehead atoms. The molecule has 0 N–H and O–H groups in total. The molecule has 1 saturated carbocycles. The largest absolute Gasteiger partial charge is 0.467 e. The molecule has 0 amide bonds. The molecule has 1 aliphatic rings. The monoisotopic (exact) mass is 367 g/mol. The second-order valence-electron chi connectivity index (χ2n) is 6.61. The summed E-state index contributed by atoms with van der Waals surface area (Å²) in [4.78, 5) is 24.8. The molecule has 1 aromatic heterocycles. The molecule has 0 spiro atoms. The first-order valence-electron chi connectivity index (χ1n) is 8.96. The third kappa shape index (κ3) is 4.34. The van der Waals surface area contributed by atoms with Crippen molar-refractivity contribution in [2.45, 2.75) is 38.1 Å². The molecule has 1 heterocycles. The van der Waals surface area contributed by atoms with Crippen LogP contribution in [0.3, 0.4) is 0 Å². The number of nitrogens with zero attached hydrogens (tertiary/aromatic N) is 3. The molecule has 7 heteroatoms. The molecule has 3 rings (SSSR count). The minimum atomic E-state index is -0.744. The molecular formula is C20H21N3O4. The predicted octanol–water partition coefficient (Wildman–Crippen LogP) is 3.20. The van der Waals surface area contributed by atoms with Crippen molar-refractivity contribution in [2.24, 2.45) is 5.92 Å². The number of benzene rings is 1. The predicted molar refractivity (Wildman–Crippen MR) is 97.4 cm³/mol. The molecule has 0 aliphatic heterocycles. The lowest BCUT2D eigenvalue weighted by Crippen LogP contribution is -2.33. The summed E-state index contributed by atoms with van der Waals surface area (Å²) in [5.41, 5.74) is -0.0920. The van der Waals surface area contributed by atoms with Gasteiger partial charge in [0.2, 0.25) is 0 Å². The van der Waals surface area contributed by atoms with Crippen LogP contribution in [0.25, 0.3) is 0 Å². The molecule has 140 valence electrons. The second-order valence-corrected chi connectivity index (χ2v) is 6.61. The van der Waals surface area contributed by atoms with E-state index >= 15 is 0 Å². The lowest BCUT2D eigenvalue weighted by atomic mass is 9.98. The minimum absolute atomic E-state index is 0.212. The number of hydrogen-bond acceptors (Lipinski definition) is 6. The van der Waals surface area contributed by atoms with E-state index in [1.165, 1.54) is 19.4 Å². The highest BCUT2D eigenvalue weighted by atomic mass is 16.5. The highest BCUT2D eigenvalue weighted by Crippen LogP contribution is 2.32. The Labute approximate surface area is 157 Å². The van der Waals surface area contributed by atoms with Gasteiger partial charge in [-0.2, -0.15) is 10.4 Å². The van der Waals surface area contributed by atoms with E-state index in [1.54, 1.807) is 24.3 Å². The third-order valence-corrected chi connectivity index (χ3v) is 4.84. The Hall–Kier alpha value is -3.14. The standard InChI is InChI=1S/C20H21N3O4/c1-26-20(25)17(10-14-6-2-3-7-14)23-19(24)11-16(13-22-23)27-18-9-5-4-8-15(18)12-21/h4-5,8-9,11,13-14,17H,2-3,6-7,10H2,1H3. The number of esters is 1. The Kier molecular flexibility index (Phi) is 5.87. The summed E-state index contributed by atoms with van der Waals surface area (Å²) in [7, 11) is 1.31. The van der Waals surface area contributed by atoms with Crippen LogP contribution in [0.4, 0.5) is 0 Å². The van der Waals surface area contributed by atoms with Gasteiger partial charge in [-0.1, -0.05) is 37.8 Å². The van der Waals surface area contributed by atoms with Gasteiger partial charge in [0.25, 0.3) is 5.56 Å². The second kappa shape index (κ2) is 8.49. The molecule has 0 saturated heterocycles. The number of carbonyl (C=O) groups is 1. The van der Waals surface area contributed by atoms with Gasteiger partial charge in [-0.15, -0.1) is 0 Å². The van der Waals surface area contributed by atoms with Crippen molar-refractivity contribution in [3.63, 3.8) is 0 Å². The Morgan fingerprint density at radius 1 is 1.37 bits per heavy atom. The summed E-state index contributed by atoms with van der Waals surface area (Å²) >= 11 is 0. The van der Waals surface area contributed by atoms with Crippen LogP contribution in [0.15, 0.2) is 41.3 Å². The molecule has 1 atom stereocenters. The zero-order valence-corrected chi connectivity index (χ0v) is 15.1. The molecular weight excluding hydrogens is 346 g/mol. The SMILES string of the molecule is COC(=O)C(CC1CCCC1)n1ncc(Oc2ccccc2C#N)cc1=O. The van der Waals surface area contributed by atoms with Crippen LogP contribution in [0.1, 0.15) is 43.7 Å². The van der Waals surface area contributed by atoms with Gasteiger partial charge in [0.05, 0.1) is 18.9 Å². The summed E-state index contributed by atoms with van der Waals surface area (Å²) in [5.74, 6) is 0.471. The fraction of sp³-hybridized carbons (Fsp3) is 0.400. The van der Waals surface area contributed by atoms with Crippen LogP contribution in [0, 0.1) is 17.2 Å². The number of nitriles is 1. The average Bonchev–Trinajstić information content (AvgIpc) is 3.20. The van der Waals surface area contributed by atoms with Gasteiger partial charge in [0, 0.05) is 6.07 Å². The van der Waals surface area contributed by atoms with Crippen LogP contribution in [0.2, 0.25) is 0 Å². The molecule has 1 fully saturated rings. The van der Waals surface area contributed by atoms with Gasteiger partial charge in [-0.25, -0.2) is 9.48 Å².